The van der Waals surface area contributed by atoms with Crippen molar-refractivity contribution in [3.05, 3.63) is 23.8 Å². The Labute approximate surface area is 246 Å². The van der Waals surface area contributed by atoms with Gasteiger partial charge in [0.1, 0.15) is 12.3 Å². The minimum atomic E-state index is -2.35. The van der Waals surface area contributed by atoms with E-state index >= 15 is 8.78 Å². The molecule has 0 aromatic carbocycles. The number of carboxylic acid groups (broad SMARTS) is 1. The number of hydrogen-bond acceptors (Lipinski definition) is 6. The molecule has 0 saturated heterocycles. The van der Waals surface area contributed by atoms with Gasteiger partial charge in [-0.15, -0.1) is 0 Å². The summed E-state index contributed by atoms with van der Waals surface area (Å²) in [4.78, 5) is 38.7. The molecule has 0 aliphatic heterocycles. The van der Waals surface area contributed by atoms with Crippen molar-refractivity contribution in [3.8, 4) is 0 Å². The van der Waals surface area contributed by atoms with E-state index in [9.17, 15) is 24.6 Å². The molecule has 5 saturated carbocycles. The van der Waals surface area contributed by atoms with Crippen LogP contribution in [0.4, 0.5) is 13.6 Å². The van der Waals surface area contributed by atoms with Crippen LogP contribution in [0.5, 0.6) is 0 Å². The van der Waals surface area contributed by atoms with E-state index in [0.717, 1.165) is 18.9 Å². The summed E-state index contributed by atoms with van der Waals surface area (Å²) in [5.41, 5.74) is -7.28. The smallest absolute Gasteiger partial charge is 0.478 e. The van der Waals surface area contributed by atoms with Crippen LogP contribution in [0, 0.1) is 51.8 Å². The van der Waals surface area contributed by atoms with E-state index in [0.29, 0.717) is 18.3 Å². The van der Waals surface area contributed by atoms with Crippen molar-refractivity contribution in [1.82, 2.24) is 0 Å². The number of allylic oxidation sites excluding steroid dienone is 4. The number of fused-ring (bicyclic) bond motifs is 7. The predicted octanol–water partition coefficient (Wildman–Crippen LogP) is 5.99. The molecule has 0 radical (unpaired) electrons. The van der Waals surface area contributed by atoms with E-state index in [-0.39, 0.29) is 36.2 Å². The van der Waals surface area contributed by atoms with Gasteiger partial charge in [0.15, 0.2) is 11.5 Å². The average Bonchev–Trinajstić information content (AvgIpc) is 3.22. The number of aliphatic carboxylic acids is 1. The van der Waals surface area contributed by atoms with Gasteiger partial charge in [-0.25, -0.2) is 18.4 Å². The molecule has 0 aromatic rings. The van der Waals surface area contributed by atoms with Crippen LogP contribution in [0.25, 0.3) is 0 Å². The summed E-state index contributed by atoms with van der Waals surface area (Å²) < 4.78 is 45.0. The first-order valence-corrected chi connectivity index (χ1v) is 15.5. The molecular weight excluding hydrogens is 546 g/mol. The Morgan fingerprint density at radius 1 is 1.02 bits per heavy atom. The second kappa shape index (κ2) is 9.12. The normalized spacial score (nSPS) is 52.1. The fourth-order valence-electron chi connectivity index (χ4n) is 11.2. The van der Waals surface area contributed by atoms with Crippen LogP contribution in [-0.2, 0) is 19.1 Å². The van der Waals surface area contributed by atoms with Crippen molar-refractivity contribution in [2.45, 2.75) is 110 Å². The quantitative estimate of drug-likeness (QED) is 0.389. The molecule has 0 heterocycles. The number of carbonyl (C=O) groups is 3. The number of aliphatic hydroxyl groups is 1. The lowest BCUT2D eigenvalue weighted by Gasteiger charge is -2.62. The number of carboxylic acids is 1. The van der Waals surface area contributed by atoms with E-state index in [2.05, 4.69) is 20.8 Å². The summed E-state index contributed by atoms with van der Waals surface area (Å²) in [6, 6.07) is 0. The Balaban J connectivity index is 1.32. The lowest BCUT2D eigenvalue weighted by Crippen LogP contribution is -2.71. The van der Waals surface area contributed by atoms with Gasteiger partial charge in [0, 0.05) is 22.7 Å². The van der Waals surface area contributed by atoms with Crippen LogP contribution in [0.3, 0.4) is 0 Å². The van der Waals surface area contributed by atoms with Crippen molar-refractivity contribution in [2.24, 2.45) is 51.8 Å². The number of aliphatic hydroxyl groups excluding tert-OH is 1. The third-order valence-corrected chi connectivity index (χ3v) is 13.6. The second-order valence-electron chi connectivity index (χ2n) is 15.3. The zero-order valence-electron chi connectivity index (χ0n) is 25.4. The van der Waals surface area contributed by atoms with Gasteiger partial charge in [-0.05, 0) is 92.3 Å². The first-order chi connectivity index (χ1) is 19.4. The maximum Gasteiger partial charge on any atom is 0.509 e. The first-order valence-electron chi connectivity index (χ1n) is 15.5. The third kappa shape index (κ3) is 3.49. The maximum absolute atomic E-state index is 17.5. The molecule has 5 fully saturated rings. The molecule has 13 atom stereocenters. The summed E-state index contributed by atoms with van der Waals surface area (Å²) >= 11 is 0. The number of ether oxygens (including phenoxy) is 2. The summed E-state index contributed by atoms with van der Waals surface area (Å²) in [7, 11) is 0. The largest absolute Gasteiger partial charge is 0.509 e. The van der Waals surface area contributed by atoms with Crippen molar-refractivity contribution in [1.29, 1.82) is 0 Å². The lowest BCUT2D eigenvalue weighted by molar-refractivity contribution is -0.233. The minimum absolute atomic E-state index is 0.00511. The van der Waals surface area contributed by atoms with E-state index in [1.165, 1.54) is 19.1 Å². The molecule has 2 N–H and O–H groups in total. The fourth-order valence-corrected chi connectivity index (χ4v) is 11.2. The Morgan fingerprint density at radius 2 is 1.71 bits per heavy atom. The Morgan fingerprint density at radius 3 is 2.38 bits per heavy atom. The van der Waals surface area contributed by atoms with Crippen LogP contribution in [0.1, 0.15) is 80.1 Å². The summed E-state index contributed by atoms with van der Waals surface area (Å²) in [5.74, 6) is -3.48. The number of alkyl halides is 2. The molecule has 42 heavy (non-hydrogen) atoms. The number of rotatable bonds is 3. The molecule has 6 aliphatic carbocycles. The van der Waals surface area contributed by atoms with Crippen LogP contribution in [0.2, 0.25) is 0 Å². The number of halogens is 2. The van der Waals surface area contributed by atoms with E-state index in [1.807, 2.05) is 0 Å². The van der Waals surface area contributed by atoms with Gasteiger partial charge < -0.3 is 19.7 Å². The van der Waals surface area contributed by atoms with Crippen LogP contribution >= 0.6 is 0 Å². The standard InChI is InChI=1S/C33H44F2O7/c1-16-11-21-22-14-24(34)23-13-19(36)9-10-30(23,5)32(22,35)26(37)15-31(21,6)33(16,27(38)39)42-28(40)41-25-12-18-7-8-20(17(25)2)29(18,3)4/h9-10,13,16-18,20-22,24-26,37H,7-8,11-12,14-15H2,1-6H3,(H,38,39)/t16-,17-,18+,20-,21+,22+,24+,25-,26+,30+,31+,32+,33+/m1/s1. The summed E-state index contributed by atoms with van der Waals surface area (Å²) in [6.45, 7) is 11.4. The molecule has 6 aliphatic rings. The molecule has 7 nitrogen and oxygen atoms in total. The highest BCUT2D eigenvalue weighted by Gasteiger charge is 2.78. The highest BCUT2D eigenvalue weighted by Crippen LogP contribution is 2.71. The number of ketones is 1. The van der Waals surface area contributed by atoms with Gasteiger partial charge >= 0.3 is 12.1 Å². The predicted molar refractivity (Wildman–Crippen MR) is 149 cm³/mol. The van der Waals surface area contributed by atoms with Crippen molar-refractivity contribution in [3.63, 3.8) is 0 Å². The van der Waals surface area contributed by atoms with Gasteiger partial charge in [-0.1, -0.05) is 40.7 Å². The van der Waals surface area contributed by atoms with Crippen molar-refractivity contribution in [2.75, 3.05) is 0 Å². The van der Waals surface area contributed by atoms with Gasteiger partial charge in [-0.2, -0.15) is 0 Å². The highest BCUT2D eigenvalue weighted by atomic mass is 19.1. The molecular formula is C33H44F2O7. The summed E-state index contributed by atoms with van der Waals surface area (Å²) in [6.07, 6.45) is 1.24. The zero-order valence-corrected chi connectivity index (χ0v) is 25.4. The van der Waals surface area contributed by atoms with E-state index < -0.39 is 76.1 Å². The molecule has 0 unspecified atom stereocenters. The van der Waals surface area contributed by atoms with Crippen molar-refractivity contribution >= 4 is 17.9 Å². The monoisotopic (exact) mass is 590 g/mol. The number of carbonyl (C=O) groups excluding carboxylic acids is 2. The molecule has 232 valence electrons. The van der Waals surface area contributed by atoms with Crippen molar-refractivity contribution < 1.29 is 42.9 Å². The van der Waals surface area contributed by atoms with Gasteiger partial charge in [0.2, 0.25) is 5.60 Å². The average molecular weight is 591 g/mol. The minimum Gasteiger partial charge on any atom is -0.478 e. The molecule has 6 rings (SSSR count). The Hall–Kier alpha value is -2.29. The third-order valence-electron chi connectivity index (χ3n) is 13.6. The zero-order chi connectivity index (χ0) is 30.8. The van der Waals surface area contributed by atoms with E-state index in [4.69, 9.17) is 9.47 Å². The molecule has 9 heteroatoms. The van der Waals surface area contributed by atoms with Gasteiger partial charge in [0.25, 0.3) is 0 Å². The Kier molecular flexibility index (Phi) is 6.46. The lowest BCUT2D eigenvalue weighted by atomic mass is 9.44. The second-order valence-corrected chi connectivity index (χ2v) is 15.3. The number of hydrogen-bond donors (Lipinski definition) is 2. The van der Waals surface area contributed by atoms with Gasteiger partial charge in [-0.3, -0.25) is 4.79 Å². The van der Waals surface area contributed by atoms with E-state index in [1.54, 1.807) is 13.8 Å². The van der Waals surface area contributed by atoms with Gasteiger partial charge in [0.05, 0.1) is 6.10 Å². The molecule has 0 amide bonds. The first kappa shape index (κ1) is 29.8. The summed E-state index contributed by atoms with van der Waals surface area (Å²) in [5, 5.41) is 22.3. The highest BCUT2D eigenvalue weighted by molar-refractivity contribution is 6.01. The SMILES string of the molecule is C[C@@H]1[C@H]2CC[C@@H](C[C@H]1OC(=O)O[C@]1(C(=O)O)[C@H](C)C[C@H]3[C@@H]4C[C@H](F)C5=CC(=O)C=C[C@]5(C)[C@@]4(F)[C@@H](O)C[C@@]31C)C2(C)C. The molecule has 0 aromatic heterocycles. The van der Waals surface area contributed by atoms with Crippen LogP contribution < -0.4 is 0 Å². The fraction of sp³-hybridized carbons (Fsp3) is 0.788. The topological polar surface area (TPSA) is 110 Å². The molecule has 2 bridgehead atoms. The van der Waals surface area contributed by atoms with Crippen LogP contribution in [0.15, 0.2) is 23.8 Å². The Bertz CT molecular complexity index is 1280. The van der Waals surface area contributed by atoms with Crippen LogP contribution in [-0.4, -0.2) is 57.8 Å². The molecule has 0 spiro atoms. The maximum atomic E-state index is 17.5.